The van der Waals surface area contributed by atoms with E-state index >= 15 is 0 Å². The van der Waals surface area contributed by atoms with E-state index in [1.807, 2.05) is 35.3 Å². The summed E-state index contributed by atoms with van der Waals surface area (Å²) in [5, 5.41) is 22.2. The summed E-state index contributed by atoms with van der Waals surface area (Å²) in [7, 11) is 0. The van der Waals surface area contributed by atoms with Gasteiger partial charge in [0.15, 0.2) is 5.65 Å². The molecule has 1 saturated heterocycles. The van der Waals surface area contributed by atoms with Crippen LogP contribution in [0, 0.1) is 12.3 Å². The van der Waals surface area contributed by atoms with Crippen LogP contribution in [0.3, 0.4) is 0 Å². The lowest BCUT2D eigenvalue weighted by Gasteiger charge is -2.33. The van der Waals surface area contributed by atoms with Gasteiger partial charge in [0, 0.05) is 41.6 Å². The summed E-state index contributed by atoms with van der Waals surface area (Å²) in [5.41, 5.74) is 3.12. The van der Waals surface area contributed by atoms with Gasteiger partial charge >= 0.3 is 5.97 Å². The fraction of sp³-hybridized carbons (Fsp3) is 0.385. The average molecular weight is 493 g/mol. The molecule has 0 bridgehead atoms. The number of carboxylic acids is 1. The third-order valence-electron chi connectivity index (χ3n) is 7.71. The fourth-order valence-electron chi connectivity index (χ4n) is 5.54. The Hall–Kier alpha value is -3.82. The van der Waals surface area contributed by atoms with Crippen molar-refractivity contribution in [2.24, 2.45) is 5.41 Å². The summed E-state index contributed by atoms with van der Waals surface area (Å²) >= 11 is 0. The first-order valence-corrected chi connectivity index (χ1v) is 12.0. The second kappa shape index (κ2) is 7.84. The molecule has 2 aliphatic rings. The number of piperidine rings is 1. The molecule has 1 saturated carbocycles. The maximum absolute atomic E-state index is 13.9. The number of alkyl halides is 2. The van der Waals surface area contributed by atoms with E-state index in [2.05, 4.69) is 15.5 Å². The Labute approximate surface area is 206 Å². The van der Waals surface area contributed by atoms with E-state index < -0.39 is 17.3 Å². The quantitative estimate of drug-likeness (QED) is 0.401. The maximum Gasteiger partial charge on any atom is 0.337 e. The predicted molar refractivity (Wildman–Crippen MR) is 132 cm³/mol. The van der Waals surface area contributed by atoms with Crippen molar-refractivity contribution in [2.45, 2.75) is 45.1 Å². The summed E-state index contributed by atoms with van der Waals surface area (Å²) in [5.74, 6) is -2.93. The minimum atomic E-state index is -2.56. The molecule has 1 atom stereocenters. The van der Waals surface area contributed by atoms with E-state index in [-0.39, 0.29) is 18.0 Å². The van der Waals surface area contributed by atoms with Crippen molar-refractivity contribution >= 4 is 34.2 Å². The lowest BCUT2D eigenvalue weighted by molar-refractivity contribution is 0.0535. The number of anilines is 2. The number of hydrogen-bond donors (Lipinski definition) is 2. The first kappa shape index (κ1) is 22.6. The van der Waals surface area contributed by atoms with Gasteiger partial charge in [-0.05, 0) is 50.5 Å². The van der Waals surface area contributed by atoms with E-state index in [0.29, 0.717) is 43.2 Å². The molecule has 186 valence electrons. The Morgan fingerprint density at radius 2 is 1.92 bits per heavy atom. The molecule has 1 unspecified atom stereocenters. The van der Waals surface area contributed by atoms with E-state index in [1.165, 1.54) is 0 Å². The van der Waals surface area contributed by atoms with Crippen LogP contribution in [0.25, 0.3) is 16.6 Å². The highest BCUT2D eigenvalue weighted by molar-refractivity contribution is 5.96. The van der Waals surface area contributed by atoms with Crippen LogP contribution in [0.2, 0.25) is 0 Å². The van der Waals surface area contributed by atoms with E-state index in [9.17, 15) is 18.7 Å². The number of aryl methyl sites for hydroxylation is 1. The molecular formula is C26H26F2N6O2. The smallest absolute Gasteiger partial charge is 0.337 e. The van der Waals surface area contributed by atoms with Crippen LogP contribution in [-0.2, 0) is 0 Å². The number of halogens is 2. The molecule has 2 aromatic carbocycles. The Morgan fingerprint density at radius 3 is 2.61 bits per heavy atom. The number of fused-ring (bicyclic) bond motifs is 3. The van der Waals surface area contributed by atoms with Crippen molar-refractivity contribution in [1.82, 2.24) is 19.6 Å². The van der Waals surface area contributed by atoms with Gasteiger partial charge in [-0.1, -0.05) is 18.2 Å². The van der Waals surface area contributed by atoms with Crippen LogP contribution in [0.15, 0.2) is 42.7 Å². The first-order valence-electron chi connectivity index (χ1n) is 12.0. The fourth-order valence-corrected chi connectivity index (χ4v) is 5.54. The van der Waals surface area contributed by atoms with Crippen LogP contribution in [-0.4, -0.2) is 49.7 Å². The number of nitrogens with zero attached hydrogens (tertiary/aromatic N) is 5. The lowest BCUT2D eigenvalue weighted by atomic mass is 9.93. The van der Waals surface area contributed by atoms with Gasteiger partial charge < -0.3 is 15.3 Å². The molecule has 10 heteroatoms. The molecule has 1 aliphatic carbocycles. The van der Waals surface area contributed by atoms with E-state index in [4.69, 9.17) is 4.98 Å². The van der Waals surface area contributed by atoms with Gasteiger partial charge in [-0.15, -0.1) is 10.2 Å². The third-order valence-corrected chi connectivity index (χ3v) is 7.71. The molecule has 0 amide bonds. The summed E-state index contributed by atoms with van der Waals surface area (Å²) < 4.78 is 29.7. The Kier molecular flexibility index (Phi) is 4.93. The van der Waals surface area contributed by atoms with Crippen molar-refractivity contribution in [2.75, 3.05) is 23.3 Å². The second-order valence-electron chi connectivity index (χ2n) is 10.1. The molecule has 1 aliphatic heterocycles. The van der Waals surface area contributed by atoms with Gasteiger partial charge in [0.1, 0.15) is 6.33 Å². The first-order chi connectivity index (χ1) is 17.2. The van der Waals surface area contributed by atoms with Crippen molar-refractivity contribution in [3.05, 3.63) is 59.4 Å². The molecule has 3 heterocycles. The van der Waals surface area contributed by atoms with Gasteiger partial charge in [0.05, 0.1) is 17.1 Å². The monoisotopic (exact) mass is 492 g/mol. The van der Waals surface area contributed by atoms with Gasteiger partial charge in [0.25, 0.3) is 5.92 Å². The molecule has 8 nitrogen and oxygen atoms in total. The van der Waals surface area contributed by atoms with Gasteiger partial charge in [-0.3, -0.25) is 4.40 Å². The third kappa shape index (κ3) is 3.46. The zero-order chi connectivity index (χ0) is 25.2. The summed E-state index contributed by atoms with van der Waals surface area (Å²) in [6, 6.07) is 10.6. The molecule has 2 fully saturated rings. The normalized spacial score (nSPS) is 19.1. The maximum atomic E-state index is 13.9. The highest BCUT2D eigenvalue weighted by Gasteiger charge is 2.70. The lowest BCUT2D eigenvalue weighted by Crippen LogP contribution is -2.38. The highest BCUT2D eigenvalue weighted by Crippen LogP contribution is 2.65. The Balaban J connectivity index is 1.42. The van der Waals surface area contributed by atoms with Crippen molar-refractivity contribution in [1.29, 1.82) is 0 Å². The van der Waals surface area contributed by atoms with Crippen molar-refractivity contribution in [3.63, 3.8) is 0 Å². The number of aromatic carboxylic acids is 1. The van der Waals surface area contributed by atoms with Crippen molar-refractivity contribution in [3.8, 4) is 0 Å². The largest absolute Gasteiger partial charge is 0.478 e. The number of aromatic nitrogens is 4. The molecule has 36 heavy (non-hydrogen) atoms. The zero-order valence-corrected chi connectivity index (χ0v) is 20.0. The molecule has 1 spiro atoms. The highest BCUT2D eigenvalue weighted by atomic mass is 19.3. The van der Waals surface area contributed by atoms with Gasteiger partial charge in [-0.25, -0.2) is 18.6 Å². The number of rotatable bonds is 5. The van der Waals surface area contributed by atoms with E-state index in [1.54, 1.807) is 30.6 Å². The SMILES string of the molecule is Cc1cc(C(C)Nc2ccccc2C(=O)O)c2nc(N3CCC4(CC3)CC4(F)F)n3cnnc3c2c1. The summed E-state index contributed by atoms with van der Waals surface area (Å²) in [6.45, 7) is 4.92. The molecular weight excluding hydrogens is 466 g/mol. The van der Waals surface area contributed by atoms with Crippen molar-refractivity contribution < 1.29 is 18.7 Å². The average Bonchev–Trinajstić information content (AvgIpc) is 3.17. The van der Waals surface area contributed by atoms with Crippen LogP contribution in [0.5, 0.6) is 0 Å². The molecule has 2 aromatic heterocycles. The number of hydrogen-bond acceptors (Lipinski definition) is 6. The standard InChI is InChI=1S/C26H26F2N6O2/c1-15-11-18(16(2)30-20-6-4-3-5-17(20)23(35)36)21-19(12-15)22-32-29-14-34(22)24(31-21)33-9-7-25(8-10-33)13-26(25,27)28/h3-6,11-12,14,16,30H,7-10,13H2,1-2H3,(H,35,36). The second-order valence-corrected chi connectivity index (χ2v) is 10.1. The van der Waals surface area contributed by atoms with Gasteiger partial charge in [-0.2, -0.15) is 0 Å². The number of carboxylic acid groups (broad SMARTS) is 1. The number of carbonyl (C=O) groups is 1. The molecule has 6 rings (SSSR count). The van der Waals surface area contributed by atoms with Crippen LogP contribution >= 0.6 is 0 Å². The number of nitrogens with one attached hydrogen (secondary N) is 1. The zero-order valence-electron chi connectivity index (χ0n) is 20.0. The van der Waals surface area contributed by atoms with Gasteiger partial charge in [0.2, 0.25) is 5.95 Å². The molecule has 2 N–H and O–H groups in total. The number of para-hydroxylation sites is 1. The summed E-state index contributed by atoms with van der Waals surface area (Å²) in [6.07, 6.45) is 2.44. The number of benzene rings is 2. The molecule has 4 aromatic rings. The van der Waals surface area contributed by atoms with Crippen LogP contribution in [0.1, 0.15) is 53.7 Å². The molecule has 0 radical (unpaired) electrons. The Bertz CT molecular complexity index is 1510. The Morgan fingerprint density at radius 1 is 1.19 bits per heavy atom. The van der Waals surface area contributed by atoms with Crippen LogP contribution < -0.4 is 10.2 Å². The minimum Gasteiger partial charge on any atom is -0.478 e. The topological polar surface area (TPSA) is 95.6 Å². The predicted octanol–water partition coefficient (Wildman–Crippen LogP) is 5.08. The minimum absolute atomic E-state index is 0.0224. The van der Waals surface area contributed by atoms with Crippen LogP contribution in [0.4, 0.5) is 20.4 Å². The van der Waals surface area contributed by atoms with E-state index in [0.717, 1.165) is 22.0 Å². The summed E-state index contributed by atoms with van der Waals surface area (Å²) in [4.78, 5) is 18.8.